The highest BCUT2D eigenvalue weighted by atomic mass is 16.5. The molecule has 0 bridgehead atoms. The van der Waals surface area contributed by atoms with Crippen molar-refractivity contribution in [3.8, 4) is 5.75 Å². The van der Waals surface area contributed by atoms with Crippen LogP contribution in [0.15, 0.2) is 103 Å². The van der Waals surface area contributed by atoms with Gasteiger partial charge in [0.05, 0.1) is 19.9 Å². The summed E-state index contributed by atoms with van der Waals surface area (Å²) >= 11 is 0. The summed E-state index contributed by atoms with van der Waals surface area (Å²) in [6.45, 7) is 0.470. The molecule has 8 heteroatoms. The molecule has 1 heterocycles. The third-order valence-corrected chi connectivity index (χ3v) is 6.61. The van der Waals surface area contributed by atoms with Gasteiger partial charge in [-0.3, -0.25) is 9.59 Å². The van der Waals surface area contributed by atoms with Crippen molar-refractivity contribution in [2.24, 2.45) is 0 Å². The summed E-state index contributed by atoms with van der Waals surface area (Å²) in [4.78, 5) is 28.3. The molecule has 5 rings (SSSR count). The quantitative estimate of drug-likeness (QED) is 0.310. The number of likely N-dealkylation sites (N-methyl/N-ethyl adjacent to an activating group) is 1. The number of hydrogen-bond donors (Lipinski definition) is 1. The topological polar surface area (TPSA) is 89.4 Å². The third-order valence-electron chi connectivity index (χ3n) is 6.61. The third kappa shape index (κ3) is 6.13. The summed E-state index contributed by atoms with van der Waals surface area (Å²) < 4.78 is 6.84. The van der Waals surface area contributed by atoms with Crippen LogP contribution in [0.25, 0.3) is 10.8 Å². The van der Waals surface area contributed by atoms with Crippen LogP contribution in [0.2, 0.25) is 0 Å². The highest BCUT2D eigenvalue weighted by molar-refractivity contribution is 6.01. The Kier molecular flexibility index (Phi) is 7.63. The molecule has 1 aromatic heterocycles. The van der Waals surface area contributed by atoms with E-state index in [1.165, 1.54) is 4.90 Å². The van der Waals surface area contributed by atoms with Gasteiger partial charge in [0.1, 0.15) is 11.8 Å². The number of carbonyl (C=O) groups excluding carboxylic acids is 2. The number of carbonyl (C=O) groups is 2. The Labute approximate surface area is 226 Å². The van der Waals surface area contributed by atoms with Crippen molar-refractivity contribution in [3.63, 3.8) is 0 Å². The number of amides is 2. The summed E-state index contributed by atoms with van der Waals surface area (Å²) in [6.07, 6.45) is 1.93. The SMILES string of the molecule is COc1ccc(N(C)C(=O)[C@H](Cc2ccccc2)NC(=O)c2cn(Cc3ccc4ccccc4c3)nn2)cc1. The smallest absolute Gasteiger partial charge is 0.274 e. The fourth-order valence-electron chi connectivity index (χ4n) is 4.45. The summed E-state index contributed by atoms with van der Waals surface area (Å²) in [5.74, 6) is -0.0152. The second-order valence-corrected chi connectivity index (χ2v) is 9.29. The van der Waals surface area contributed by atoms with E-state index in [0.29, 0.717) is 24.4 Å². The second-order valence-electron chi connectivity index (χ2n) is 9.29. The van der Waals surface area contributed by atoms with Gasteiger partial charge in [-0.2, -0.15) is 0 Å². The molecule has 2 amide bonds. The van der Waals surface area contributed by atoms with E-state index in [4.69, 9.17) is 4.74 Å². The van der Waals surface area contributed by atoms with Crippen molar-refractivity contribution in [1.82, 2.24) is 20.3 Å². The molecular weight excluding hydrogens is 490 g/mol. The van der Waals surface area contributed by atoms with Crippen LogP contribution in [0.3, 0.4) is 0 Å². The molecule has 0 unspecified atom stereocenters. The fraction of sp³-hybridized carbons (Fsp3) is 0.161. The van der Waals surface area contributed by atoms with Crippen LogP contribution in [-0.2, 0) is 17.8 Å². The number of nitrogens with zero attached hydrogens (tertiary/aromatic N) is 4. The van der Waals surface area contributed by atoms with Gasteiger partial charge in [-0.15, -0.1) is 5.10 Å². The summed E-state index contributed by atoms with van der Waals surface area (Å²) in [5, 5.41) is 13.4. The van der Waals surface area contributed by atoms with Crippen LogP contribution in [0, 0.1) is 0 Å². The van der Waals surface area contributed by atoms with Gasteiger partial charge in [-0.05, 0) is 52.2 Å². The van der Waals surface area contributed by atoms with E-state index in [1.54, 1.807) is 49.3 Å². The van der Waals surface area contributed by atoms with Crippen LogP contribution < -0.4 is 15.0 Å². The lowest BCUT2D eigenvalue weighted by atomic mass is 10.0. The predicted octanol–water partition coefficient (Wildman–Crippen LogP) is 4.49. The molecule has 1 N–H and O–H groups in total. The highest BCUT2D eigenvalue weighted by Crippen LogP contribution is 2.20. The van der Waals surface area contributed by atoms with Gasteiger partial charge in [-0.25, -0.2) is 4.68 Å². The normalized spacial score (nSPS) is 11.6. The average molecular weight is 520 g/mol. The van der Waals surface area contributed by atoms with Crippen molar-refractivity contribution >= 4 is 28.3 Å². The van der Waals surface area contributed by atoms with Gasteiger partial charge in [0, 0.05) is 19.2 Å². The molecule has 0 saturated carbocycles. The Bertz CT molecular complexity index is 1580. The zero-order chi connectivity index (χ0) is 27.2. The number of benzene rings is 4. The van der Waals surface area contributed by atoms with Crippen LogP contribution in [0.5, 0.6) is 5.75 Å². The molecule has 0 fully saturated rings. The zero-order valence-corrected chi connectivity index (χ0v) is 21.8. The molecule has 1 atom stereocenters. The standard InChI is InChI=1S/C31H29N5O3/c1-35(26-14-16-27(39-2)17-15-26)31(38)28(19-22-8-4-3-5-9-22)32-30(37)29-21-36(34-33-29)20-23-12-13-24-10-6-7-11-25(24)18-23/h3-18,21,28H,19-20H2,1-2H3,(H,32,37)/t28-/m0/s1. The molecule has 39 heavy (non-hydrogen) atoms. The van der Waals surface area contributed by atoms with Gasteiger partial charge in [-0.1, -0.05) is 71.9 Å². The molecule has 0 radical (unpaired) electrons. The van der Waals surface area contributed by atoms with E-state index in [9.17, 15) is 9.59 Å². The predicted molar refractivity (Wildman–Crippen MR) is 151 cm³/mol. The maximum absolute atomic E-state index is 13.6. The first-order valence-corrected chi connectivity index (χ1v) is 12.6. The second kappa shape index (κ2) is 11.6. The van der Waals surface area contributed by atoms with Crippen LogP contribution in [-0.4, -0.2) is 47.0 Å². The Balaban J connectivity index is 1.32. The first-order chi connectivity index (χ1) is 19.0. The maximum atomic E-state index is 13.6. The zero-order valence-electron chi connectivity index (χ0n) is 21.8. The minimum absolute atomic E-state index is 0.147. The summed E-state index contributed by atoms with van der Waals surface area (Å²) in [6, 6.07) is 30.3. The molecular formula is C31H29N5O3. The highest BCUT2D eigenvalue weighted by Gasteiger charge is 2.27. The van der Waals surface area contributed by atoms with E-state index in [1.807, 2.05) is 48.5 Å². The Hall–Kier alpha value is -4.98. The molecule has 5 aromatic rings. The van der Waals surface area contributed by atoms with Crippen molar-refractivity contribution in [2.45, 2.75) is 19.0 Å². The van der Waals surface area contributed by atoms with Crippen LogP contribution in [0.1, 0.15) is 21.6 Å². The van der Waals surface area contributed by atoms with E-state index in [2.05, 4.69) is 39.9 Å². The van der Waals surface area contributed by atoms with Crippen LogP contribution >= 0.6 is 0 Å². The number of fused-ring (bicyclic) bond motifs is 1. The Morgan fingerprint density at radius 2 is 1.62 bits per heavy atom. The number of ether oxygens (including phenoxy) is 1. The minimum Gasteiger partial charge on any atom is -0.497 e. The van der Waals surface area contributed by atoms with Crippen molar-refractivity contribution in [1.29, 1.82) is 0 Å². The van der Waals surface area contributed by atoms with E-state index >= 15 is 0 Å². The largest absolute Gasteiger partial charge is 0.497 e. The molecule has 196 valence electrons. The lowest BCUT2D eigenvalue weighted by Crippen LogP contribution is -2.48. The molecule has 0 spiro atoms. The van der Waals surface area contributed by atoms with Gasteiger partial charge >= 0.3 is 0 Å². The summed E-state index contributed by atoms with van der Waals surface area (Å²) in [7, 11) is 3.28. The minimum atomic E-state index is -0.808. The number of rotatable bonds is 9. The molecule has 0 saturated heterocycles. The number of nitrogens with one attached hydrogen (secondary N) is 1. The van der Waals surface area contributed by atoms with Crippen molar-refractivity contribution in [3.05, 3.63) is 120 Å². The number of methoxy groups -OCH3 is 1. The van der Waals surface area contributed by atoms with E-state index in [0.717, 1.165) is 21.9 Å². The monoisotopic (exact) mass is 519 g/mol. The van der Waals surface area contributed by atoms with Crippen molar-refractivity contribution < 1.29 is 14.3 Å². The molecule has 0 aliphatic rings. The van der Waals surface area contributed by atoms with Gasteiger partial charge < -0.3 is 15.0 Å². The first-order valence-electron chi connectivity index (χ1n) is 12.6. The van der Waals surface area contributed by atoms with Gasteiger partial charge in [0.2, 0.25) is 5.91 Å². The summed E-state index contributed by atoms with van der Waals surface area (Å²) in [5.41, 5.74) is 2.81. The van der Waals surface area contributed by atoms with Crippen molar-refractivity contribution in [2.75, 3.05) is 19.1 Å². The molecule has 0 aliphatic carbocycles. The first kappa shape index (κ1) is 25.7. The fourth-order valence-corrected chi connectivity index (χ4v) is 4.45. The molecule has 8 nitrogen and oxygen atoms in total. The average Bonchev–Trinajstić information content (AvgIpc) is 3.45. The maximum Gasteiger partial charge on any atom is 0.274 e. The number of anilines is 1. The number of aromatic nitrogens is 3. The lowest BCUT2D eigenvalue weighted by Gasteiger charge is -2.25. The van der Waals surface area contributed by atoms with Crippen LogP contribution in [0.4, 0.5) is 5.69 Å². The Morgan fingerprint density at radius 1 is 0.897 bits per heavy atom. The number of hydrogen-bond acceptors (Lipinski definition) is 5. The molecule has 0 aliphatic heterocycles. The van der Waals surface area contributed by atoms with E-state index in [-0.39, 0.29) is 11.6 Å². The Morgan fingerprint density at radius 3 is 2.36 bits per heavy atom. The van der Waals surface area contributed by atoms with Gasteiger partial charge in [0.15, 0.2) is 5.69 Å². The van der Waals surface area contributed by atoms with Gasteiger partial charge in [0.25, 0.3) is 5.91 Å². The lowest BCUT2D eigenvalue weighted by molar-refractivity contribution is -0.120. The molecule has 4 aromatic carbocycles. The van der Waals surface area contributed by atoms with E-state index < -0.39 is 11.9 Å².